The van der Waals surface area contributed by atoms with Crippen molar-refractivity contribution in [3.8, 4) is 11.3 Å². The fraction of sp³-hybridized carbons (Fsp3) is 0.357. The number of alkyl halides is 3. The van der Waals surface area contributed by atoms with Crippen molar-refractivity contribution < 1.29 is 18.3 Å². The van der Waals surface area contributed by atoms with Crippen LogP contribution in [-0.4, -0.2) is 29.9 Å². The Balaban J connectivity index is 2.21. The molecule has 2 rings (SSSR count). The highest BCUT2D eigenvalue weighted by Crippen LogP contribution is 2.33. The fourth-order valence-electron chi connectivity index (χ4n) is 1.82. The van der Waals surface area contributed by atoms with Gasteiger partial charge in [-0.05, 0) is 0 Å². The number of benzene rings is 1. The lowest BCUT2D eigenvalue weighted by atomic mass is 10.1. The molecule has 0 saturated carbocycles. The number of rotatable bonds is 5. The molecular formula is C14H15F3N2OS. The number of hydrogen-bond acceptors (Lipinski definition) is 4. The van der Waals surface area contributed by atoms with Crippen LogP contribution in [0.3, 0.4) is 0 Å². The van der Waals surface area contributed by atoms with E-state index in [-0.39, 0.29) is 13.2 Å². The lowest BCUT2D eigenvalue weighted by molar-refractivity contribution is -0.132. The molecule has 0 amide bonds. The maximum atomic E-state index is 12.3. The predicted molar refractivity (Wildman–Crippen MR) is 77.4 cm³/mol. The smallest absolute Gasteiger partial charge is 0.390 e. The zero-order valence-corrected chi connectivity index (χ0v) is 12.2. The Morgan fingerprint density at radius 1 is 1.24 bits per heavy atom. The highest BCUT2D eigenvalue weighted by atomic mass is 32.1. The molecule has 0 bridgehead atoms. The molecule has 1 aromatic heterocycles. The average molecular weight is 316 g/mol. The molecule has 0 radical (unpaired) electrons. The van der Waals surface area contributed by atoms with Crippen LogP contribution in [0.5, 0.6) is 0 Å². The molecule has 2 aromatic rings. The molecule has 0 aliphatic heterocycles. The van der Waals surface area contributed by atoms with E-state index in [0.29, 0.717) is 15.7 Å². The standard InChI is InChI=1S/C14H15F3N2OS/c1-19(8-7-14(15,16)17)13-18-12(11(9-20)21-13)10-5-3-2-4-6-10/h2-6,20H,7-9H2,1H3. The molecule has 1 N–H and O–H groups in total. The summed E-state index contributed by atoms with van der Waals surface area (Å²) in [4.78, 5) is 6.48. The van der Waals surface area contributed by atoms with Crippen LogP contribution in [0.1, 0.15) is 11.3 Å². The lowest BCUT2D eigenvalue weighted by Crippen LogP contribution is -2.23. The third-order valence-electron chi connectivity index (χ3n) is 2.93. The van der Waals surface area contributed by atoms with Crippen LogP contribution in [0, 0.1) is 0 Å². The molecule has 0 spiro atoms. The number of hydrogen-bond donors (Lipinski definition) is 1. The molecule has 1 heterocycles. The first kappa shape index (κ1) is 15.8. The number of anilines is 1. The monoisotopic (exact) mass is 316 g/mol. The van der Waals surface area contributed by atoms with E-state index in [2.05, 4.69) is 4.98 Å². The van der Waals surface area contributed by atoms with Gasteiger partial charge in [-0.3, -0.25) is 0 Å². The van der Waals surface area contributed by atoms with Gasteiger partial charge in [0.15, 0.2) is 5.13 Å². The minimum atomic E-state index is -4.19. The zero-order valence-electron chi connectivity index (χ0n) is 11.4. The third kappa shape index (κ3) is 4.18. The Morgan fingerprint density at radius 3 is 2.48 bits per heavy atom. The summed E-state index contributed by atoms with van der Waals surface area (Å²) in [5.41, 5.74) is 1.46. The van der Waals surface area contributed by atoms with Gasteiger partial charge in [0.25, 0.3) is 0 Å². The second-order valence-corrected chi connectivity index (χ2v) is 5.64. The number of halogens is 3. The summed E-state index contributed by atoms with van der Waals surface area (Å²) in [5.74, 6) is 0. The Kier molecular flexibility index (Phi) is 4.84. The summed E-state index contributed by atoms with van der Waals surface area (Å²) < 4.78 is 36.8. The van der Waals surface area contributed by atoms with Gasteiger partial charge in [-0.1, -0.05) is 41.7 Å². The molecule has 21 heavy (non-hydrogen) atoms. The Morgan fingerprint density at radius 2 is 1.90 bits per heavy atom. The molecule has 3 nitrogen and oxygen atoms in total. The molecular weight excluding hydrogens is 301 g/mol. The van der Waals surface area contributed by atoms with E-state index >= 15 is 0 Å². The van der Waals surface area contributed by atoms with E-state index in [4.69, 9.17) is 0 Å². The van der Waals surface area contributed by atoms with Crippen LogP contribution in [0.25, 0.3) is 11.3 Å². The molecule has 0 unspecified atom stereocenters. The van der Waals surface area contributed by atoms with Crippen LogP contribution < -0.4 is 4.90 Å². The van der Waals surface area contributed by atoms with Gasteiger partial charge in [-0.15, -0.1) is 0 Å². The van der Waals surface area contributed by atoms with Crippen LogP contribution in [0.2, 0.25) is 0 Å². The molecule has 1 aromatic carbocycles. The van der Waals surface area contributed by atoms with Crippen LogP contribution >= 0.6 is 11.3 Å². The minimum Gasteiger partial charge on any atom is -0.391 e. The summed E-state index contributed by atoms with van der Waals surface area (Å²) in [6.45, 7) is -0.342. The maximum absolute atomic E-state index is 12.3. The molecule has 0 aliphatic rings. The Labute approximate surface area is 124 Å². The van der Waals surface area contributed by atoms with Crippen molar-refractivity contribution in [1.82, 2.24) is 4.98 Å². The summed E-state index contributed by atoms with van der Waals surface area (Å²) in [6.07, 6.45) is -5.08. The number of aliphatic hydroxyl groups is 1. The quantitative estimate of drug-likeness (QED) is 0.914. The van der Waals surface area contributed by atoms with Crippen molar-refractivity contribution in [1.29, 1.82) is 0 Å². The Hall–Kier alpha value is -1.60. The topological polar surface area (TPSA) is 36.4 Å². The fourth-order valence-corrected chi connectivity index (χ4v) is 2.75. The van der Waals surface area contributed by atoms with E-state index in [1.807, 2.05) is 30.3 Å². The highest BCUT2D eigenvalue weighted by molar-refractivity contribution is 7.16. The van der Waals surface area contributed by atoms with E-state index < -0.39 is 12.6 Å². The average Bonchev–Trinajstić information content (AvgIpc) is 2.89. The van der Waals surface area contributed by atoms with Crippen molar-refractivity contribution in [3.63, 3.8) is 0 Å². The van der Waals surface area contributed by atoms with E-state index in [0.717, 1.165) is 5.56 Å². The normalized spacial score (nSPS) is 11.7. The van der Waals surface area contributed by atoms with Crippen molar-refractivity contribution in [2.45, 2.75) is 19.2 Å². The summed E-state index contributed by atoms with van der Waals surface area (Å²) in [7, 11) is 1.57. The second-order valence-electron chi connectivity index (χ2n) is 4.58. The van der Waals surface area contributed by atoms with Gasteiger partial charge in [0.2, 0.25) is 0 Å². The van der Waals surface area contributed by atoms with E-state index in [1.165, 1.54) is 16.2 Å². The lowest BCUT2D eigenvalue weighted by Gasteiger charge is -2.16. The van der Waals surface area contributed by atoms with Gasteiger partial charge < -0.3 is 10.0 Å². The zero-order chi connectivity index (χ0) is 15.5. The number of nitrogens with zero attached hydrogens (tertiary/aromatic N) is 2. The van der Waals surface area contributed by atoms with E-state index in [9.17, 15) is 18.3 Å². The van der Waals surface area contributed by atoms with Crippen LogP contribution in [0.15, 0.2) is 30.3 Å². The first-order valence-corrected chi connectivity index (χ1v) is 7.16. The second kappa shape index (κ2) is 6.44. The number of aliphatic hydroxyl groups excluding tert-OH is 1. The third-order valence-corrected chi connectivity index (χ3v) is 4.09. The molecule has 7 heteroatoms. The number of aromatic nitrogens is 1. The molecule has 114 valence electrons. The summed E-state index contributed by atoms with van der Waals surface area (Å²) >= 11 is 1.21. The van der Waals surface area contributed by atoms with Crippen molar-refractivity contribution in [2.75, 3.05) is 18.5 Å². The molecule has 0 saturated heterocycles. The van der Waals surface area contributed by atoms with Crippen LogP contribution in [0.4, 0.5) is 18.3 Å². The predicted octanol–water partition coefficient (Wildman–Crippen LogP) is 3.69. The van der Waals surface area contributed by atoms with Crippen molar-refractivity contribution >= 4 is 16.5 Å². The minimum absolute atomic E-state index is 0.157. The first-order chi connectivity index (χ1) is 9.90. The highest BCUT2D eigenvalue weighted by Gasteiger charge is 2.28. The van der Waals surface area contributed by atoms with Crippen molar-refractivity contribution in [3.05, 3.63) is 35.2 Å². The molecule has 0 aliphatic carbocycles. The molecule has 0 atom stereocenters. The van der Waals surface area contributed by atoms with Crippen molar-refractivity contribution in [2.24, 2.45) is 0 Å². The van der Waals surface area contributed by atoms with Gasteiger partial charge in [0, 0.05) is 19.2 Å². The Bertz CT molecular complexity index is 584. The van der Waals surface area contributed by atoms with Gasteiger partial charge in [0.05, 0.1) is 23.6 Å². The van der Waals surface area contributed by atoms with Gasteiger partial charge in [0.1, 0.15) is 0 Å². The summed E-state index contributed by atoms with van der Waals surface area (Å²) in [5, 5.41) is 9.88. The number of thiazole rings is 1. The first-order valence-electron chi connectivity index (χ1n) is 6.34. The molecule has 0 fully saturated rings. The van der Waals surface area contributed by atoms with Gasteiger partial charge >= 0.3 is 6.18 Å². The summed E-state index contributed by atoms with van der Waals surface area (Å²) in [6, 6.07) is 9.28. The maximum Gasteiger partial charge on any atom is 0.390 e. The largest absolute Gasteiger partial charge is 0.391 e. The van der Waals surface area contributed by atoms with E-state index in [1.54, 1.807) is 7.05 Å². The van der Waals surface area contributed by atoms with Gasteiger partial charge in [-0.25, -0.2) is 4.98 Å². The van der Waals surface area contributed by atoms with Gasteiger partial charge in [-0.2, -0.15) is 13.2 Å². The SMILES string of the molecule is CN(CCC(F)(F)F)c1nc(-c2ccccc2)c(CO)s1. The van der Waals surface area contributed by atoms with Crippen LogP contribution in [-0.2, 0) is 6.61 Å².